The van der Waals surface area contributed by atoms with Gasteiger partial charge in [-0.15, -0.1) is 0 Å². The predicted molar refractivity (Wildman–Crippen MR) is 120 cm³/mol. The summed E-state index contributed by atoms with van der Waals surface area (Å²) in [6, 6.07) is 10.8. The smallest absolute Gasteiger partial charge is 0.232 e. The Labute approximate surface area is 187 Å². The third kappa shape index (κ3) is 3.68. The van der Waals surface area contributed by atoms with E-state index < -0.39 is 5.92 Å². The number of benzene rings is 2. The number of carbonyl (C=O) groups is 2. The minimum absolute atomic E-state index is 0.0612. The highest BCUT2D eigenvalue weighted by Gasteiger charge is 2.41. The molecule has 0 saturated carbocycles. The van der Waals surface area contributed by atoms with Gasteiger partial charge in [0.1, 0.15) is 23.0 Å². The molecule has 1 aliphatic heterocycles. The molecule has 0 N–H and O–H groups in total. The lowest BCUT2D eigenvalue weighted by molar-refractivity contribution is -0.120. The molecule has 1 atom stereocenters. The standard InChI is InChI=1S/C25H27NO6/c1-29-15-9-11-22(31-3)17(12-15)18-14-24(28)26(20-6-5-7-21(27)25(18)20)19-10-8-16(30-2)13-23(19)32-4/h8-13,18H,5-7,14H2,1-4H3. The molecule has 0 bridgehead atoms. The molecule has 32 heavy (non-hydrogen) atoms. The maximum atomic E-state index is 13.5. The van der Waals surface area contributed by atoms with Crippen LogP contribution >= 0.6 is 0 Å². The van der Waals surface area contributed by atoms with Crippen LogP contribution in [-0.2, 0) is 9.59 Å². The highest BCUT2D eigenvalue weighted by Crippen LogP contribution is 2.48. The zero-order valence-corrected chi connectivity index (χ0v) is 18.8. The fourth-order valence-electron chi connectivity index (χ4n) is 4.62. The van der Waals surface area contributed by atoms with Crippen LogP contribution in [0.2, 0.25) is 0 Å². The number of hydrogen-bond donors (Lipinski definition) is 0. The predicted octanol–water partition coefficient (Wildman–Crippen LogP) is 4.25. The lowest BCUT2D eigenvalue weighted by atomic mass is 9.76. The first-order valence-corrected chi connectivity index (χ1v) is 10.6. The highest BCUT2D eigenvalue weighted by molar-refractivity contribution is 6.08. The van der Waals surface area contributed by atoms with E-state index in [1.54, 1.807) is 57.6 Å². The average Bonchev–Trinajstić information content (AvgIpc) is 2.83. The zero-order chi connectivity index (χ0) is 22.8. The molecular formula is C25H27NO6. The number of anilines is 1. The van der Waals surface area contributed by atoms with Crippen LogP contribution < -0.4 is 23.8 Å². The second-order valence-corrected chi connectivity index (χ2v) is 7.77. The molecule has 0 radical (unpaired) electrons. The minimum atomic E-state index is -0.393. The third-order valence-electron chi connectivity index (χ3n) is 6.12. The summed E-state index contributed by atoms with van der Waals surface area (Å²) in [5.41, 5.74) is 2.79. The van der Waals surface area contributed by atoms with E-state index in [1.807, 2.05) is 12.1 Å². The number of allylic oxidation sites excluding steroid dienone is 2. The number of amides is 1. The molecule has 1 amide bonds. The molecule has 168 valence electrons. The van der Waals surface area contributed by atoms with Crippen LogP contribution in [-0.4, -0.2) is 40.1 Å². The Bertz CT molecular complexity index is 1090. The van der Waals surface area contributed by atoms with Gasteiger partial charge in [-0.3, -0.25) is 14.5 Å². The fourth-order valence-corrected chi connectivity index (χ4v) is 4.62. The molecular weight excluding hydrogens is 410 g/mol. The van der Waals surface area contributed by atoms with E-state index in [1.165, 1.54) is 0 Å². The van der Waals surface area contributed by atoms with Crippen LogP contribution in [0.5, 0.6) is 23.0 Å². The second kappa shape index (κ2) is 8.94. The molecule has 2 aliphatic rings. The van der Waals surface area contributed by atoms with E-state index >= 15 is 0 Å². The Morgan fingerprint density at radius 2 is 1.50 bits per heavy atom. The largest absolute Gasteiger partial charge is 0.497 e. The SMILES string of the molecule is COc1ccc(N2C(=O)CC(c3cc(OC)ccc3OC)C3=C2CCCC3=O)c(OC)c1. The van der Waals surface area contributed by atoms with Gasteiger partial charge < -0.3 is 18.9 Å². The lowest BCUT2D eigenvalue weighted by Crippen LogP contribution is -2.40. The van der Waals surface area contributed by atoms with Gasteiger partial charge in [0.2, 0.25) is 5.91 Å². The van der Waals surface area contributed by atoms with Crippen molar-refractivity contribution in [3.05, 3.63) is 53.2 Å². The average molecular weight is 437 g/mol. The summed E-state index contributed by atoms with van der Waals surface area (Å²) < 4.78 is 21.8. The number of rotatable bonds is 6. The van der Waals surface area contributed by atoms with Gasteiger partial charge in [-0.05, 0) is 43.2 Å². The van der Waals surface area contributed by atoms with Gasteiger partial charge in [-0.2, -0.15) is 0 Å². The molecule has 0 spiro atoms. The summed E-state index contributed by atoms with van der Waals surface area (Å²) in [4.78, 5) is 28.4. The van der Waals surface area contributed by atoms with Crippen molar-refractivity contribution >= 4 is 17.4 Å². The minimum Gasteiger partial charge on any atom is -0.497 e. The van der Waals surface area contributed by atoms with Crippen LogP contribution in [0.1, 0.15) is 37.2 Å². The molecule has 2 aromatic carbocycles. The highest BCUT2D eigenvalue weighted by atomic mass is 16.5. The van der Waals surface area contributed by atoms with E-state index in [2.05, 4.69) is 0 Å². The third-order valence-corrected chi connectivity index (χ3v) is 6.12. The van der Waals surface area contributed by atoms with Gasteiger partial charge >= 0.3 is 0 Å². The first-order chi connectivity index (χ1) is 15.5. The second-order valence-electron chi connectivity index (χ2n) is 7.77. The molecule has 0 aromatic heterocycles. The van der Waals surface area contributed by atoms with Gasteiger partial charge in [-0.1, -0.05) is 0 Å². The zero-order valence-electron chi connectivity index (χ0n) is 18.8. The van der Waals surface area contributed by atoms with Crippen molar-refractivity contribution in [2.45, 2.75) is 31.6 Å². The van der Waals surface area contributed by atoms with Crippen LogP contribution in [0, 0.1) is 0 Å². The first kappa shape index (κ1) is 21.7. The van der Waals surface area contributed by atoms with Gasteiger partial charge in [0.15, 0.2) is 5.78 Å². The van der Waals surface area contributed by atoms with Gasteiger partial charge in [0.05, 0.1) is 34.1 Å². The number of ketones is 1. The van der Waals surface area contributed by atoms with Crippen molar-refractivity contribution in [1.29, 1.82) is 0 Å². The summed E-state index contributed by atoms with van der Waals surface area (Å²) >= 11 is 0. The quantitative estimate of drug-likeness (QED) is 0.673. The van der Waals surface area contributed by atoms with E-state index in [0.29, 0.717) is 53.5 Å². The molecule has 7 nitrogen and oxygen atoms in total. The van der Waals surface area contributed by atoms with Gasteiger partial charge in [-0.25, -0.2) is 0 Å². The number of nitrogens with zero attached hydrogens (tertiary/aromatic N) is 1. The molecule has 2 aromatic rings. The Kier molecular flexibility index (Phi) is 6.08. The molecule has 1 heterocycles. The van der Waals surface area contributed by atoms with Crippen LogP contribution in [0.4, 0.5) is 5.69 Å². The topological polar surface area (TPSA) is 74.3 Å². The molecule has 7 heteroatoms. The van der Waals surface area contributed by atoms with Gasteiger partial charge in [0, 0.05) is 41.7 Å². The maximum Gasteiger partial charge on any atom is 0.232 e. The van der Waals surface area contributed by atoms with E-state index in [4.69, 9.17) is 18.9 Å². The van der Waals surface area contributed by atoms with Crippen molar-refractivity contribution in [3.63, 3.8) is 0 Å². The molecule has 0 fully saturated rings. The van der Waals surface area contributed by atoms with Crippen molar-refractivity contribution in [2.75, 3.05) is 33.3 Å². The van der Waals surface area contributed by atoms with Crippen molar-refractivity contribution in [3.8, 4) is 23.0 Å². The van der Waals surface area contributed by atoms with E-state index in [-0.39, 0.29) is 18.1 Å². The Balaban J connectivity index is 1.90. The summed E-state index contributed by atoms with van der Waals surface area (Å²) in [5.74, 6) is 1.99. The molecule has 1 aliphatic carbocycles. The number of methoxy groups -OCH3 is 4. The maximum absolute atomic E-state index is 13.5. The summed E-state index contributed by atoms with van der Waals surface area (Å²) in [5, 5.41) is 0. The monoisotopic (exact) mass is 437 g/mol. The van der Waals surface area contributed by atoms with Crippen LogP contribution in [0.25, 0.3) is 0 Å². The van der Waals surface area contributed by atoms with Crippen molar-refractivity contribution in [2.24, 2.45) is 0 Å². The molecule has 1 unspecified atom stereocenters. The van der Waals surface area contributed by atoms with Gasteiger partial charge in [0.25, 0.3) is 0 Å². The molecule has 4 rings (SSSR count). The summed E-state index contributed by atoms with van der Waals surface area (Å²) in [6.07, 6.45) is 1.93. The number of ether oxygens (including phenoxy) is 4. The van der Waals surface area contributed by atoms with E-state index in [0.717, 1.165) is 11.3 Å². The fraction of sp³-hybridized carbons (Fsp3) is 0.360. The lowest BCUT2D eigenvalue weighted by Gasteiger charge is -2.39. The Morgan fingerprint density at radius 3 is 2.19 bits per heavy atom. The first-order valence-electron chi connectivity index (χ1n) is 10.6. The van der Waals surface area contributed by atoms with Crippen molar-refractivity contribution < 1.29 is 28.5 Å². The number of Topliss-reactive ketones (excluding diaryl/α,β-unsaturated/α-hetero) is 1. The summed E-state index contributed by atoms with van der Waals surface area (Å²) in [6.45, 7) is 0. The van der Waals surface area contributed by atoms with E-state index in [9.17, 15) is 9.59 Å². The number of carbonyl (C=O) groups excluding carboxylic acids is 2. The number of hydrogen-bond acceptors (Lipinski definition) is 6. The normalized spacial score (nSPS) is 18.4. The van der Waals surface area contributed by atoms with Crippen molar-refractivity contribution in [1.82, 2.24) is 0 Å². The summed E-state index contributed by atoms with van der Waals surface area (Å²) in [7, 11) is 6.30. The Morgan fingerprint density at radius 1 is 0.812 bits per heavy atom. The van der Waals surface area contributed by atoms with Crippen LogP contribution in [0.3, 0.4) is 0 Å². The Hall–Kier alpha value is -3.48. The molecule has 0 saturated heterocycles. The van der Waals surface area contributed by atoms with Crippen LogP contribution in [0.15, 0.2) is 47.7 Å².